The van der Waals surface area contributed by atoms with Crippen LogP contribution in [0.5, 0.6) is 0 Å². The van der Waals surface area contributed by atoms with E-state index in [2.05, 4.69) is 20.8 Å². The Labute approximate surface area is 81.3 Å². The molecule has 1 heterocycles. The van der Waals surface area contributed by atoms with Gasteiger partial charge in [0.15, 0.2) is 0 Å². The zero-order valence-electron chi connectivity index (χ0n) is 9.26. The largest absolute Gasteiger partial charge is 0.342 e. The van der Waals surface area contributed by atoms with Crippen LogP contribution in [0.15, 0.2) is 0 Å². The van der Waals surface area contributed by atoms with Crippen LogP contribution in [0, 0.1) is 11.3 Å². The lowest BCUT2D eigenvalue weighted by atomic mass is 9.83. The Morgan fingerprint density at radius 1 is 1.46 bits per heavy atom. The van der Waals surface area contributed by atoms with Crippen molar-refractivity contribution >= 4 is 5.91 Å². The number of hydrogen-bond acceptors (Lipinski definition) is 1. The van der Waals surface area contributed by atoms with E-state index >= 15 is 0 Å². The first-order valence-electron chi connectivity index (χ1n) is 5.16. The number of rotatable bonds is 0. The third kappa shape index (κ3) is 3.02. The van der Waals surface area contributed by atoms with E-state index in [1.807, 2.05) is 4.90 Å². The summed E-state index contributed by atoms with van der Waals surface area (Å²) in [6, 6.07) is 0. The van der Waals surface area contributed by atoms with E-state index in [9.17, 15) is 4.79 Å². The molecule has 0 aromatic heterocycles. The summed E-state index contributed by atoms with van der Waals surface area (Å²) >= 11 is 0. The fourth-order valence-electron chi connectivity index (χ4n) is 2.35. The maximum atomic E-state index is 11.3. The molecule has 1 aliphatic heterocycles. The van der Waals surface area contributed by atoms with Crippen LogP contribution in [-0.2, 0) is 4.79 Å². The van der Waals surface area contributed by atoms with E-state index in [1.54, 1.807) is 6.92 Å². The molecule has 0 radical (unpaired) electrons. The molecule has 1 amide bonds. The highest BCUT2D eigenvalue weighted by Crippen LogP contribution is 2.31. The molecule has 2 heteroatoms. The number of carbonyl (C=O) groups is 1. The van der Waals surface area contributed by atoms with Gasteiger partial charge >= 0.3 is 0 Å². The smallest absolute Gasteiger partial charge is 0.219 e. The van der Waals surface area contributed by atoms with Crippen molar-refractivity contribution in [2.45, 2.75) is 40.5 Å². The van der Waals surface area contributed by atoms with Gasteiger partial charge in [-0.05, 0) is 24.2 Å². The summed E-state index contributed by atoms with van der Waals surface area (Å²) < 4.78 is 0. The van der Waals surface area contributed by atoms with E-state index in [1.165, 1.54) is 6.42 Å². The lowest BCUT2D eigenvalue weighted by Crippen LogP contribution is -2.36. The van der Waals surface area contributed by atoms with Crippen molar-refractivity contribution in [2.24, 2.45) is 11.3 Å². The van der Waals surface area contributed by atoms with E-state index in [-0.39, 0.29) is 5.91 Å². The monoisotopic (exact) mass is 183 g/mol. The van der Waals surface area contributed by atoms with E-state index in [4.69, 9.17) is 0 Å². The molecule has 1 aliphatic rings. The molecule has 0 bridgehead atoms. The Kier molecular flexibility index (Phi) is 2.99. The fourth-order valence-corrected chi connectivity index (χ4v) is 2.35. The molecule has 1 fully saturated rings. The third-order valence-corrected chi connectivity index (χ3v) is 2.86. The molecule has 0 aromatic rings. The van der Waals surface area contributed by atoms with Gasteiger partial charge in [-0.15, -0.1) is 0 Å². The first kappa shape index (κ1) is 10.6. The molecule has 0 aliphatic carbocycles. The van der Waals surface area contributed by atoms with Gasteiger partial charge in [0, 0.05) is 20.0 Å². The molecule has 0 saturated carbocycles. The van der Waals surface area contributed by atoms with Crippen LogP contribution in [0.3, 0.4) is 0 Å². The van der Waals surface area contributed by atoms with E-state index in [0.29, 0.717) is 5.41 Å². The average molecular weight is 183 g/mol. The van der Waals surface area contributed by atoms with Crippen LogP contribution in [0.1, 0.15) is 40.5 Å². The molecule has 13 heavy (non-hydrogen) atoms. The molecule has 76 valence electrons. The number of nitrogens with zero attached hydrogens (tertiary/aromatic N) is 1. The molecule has 1 unspecified atom stereocenters. The van der Waals surface area contributed by atoms with Crippen molar-refractivity contribution in [1.29, 1.82) is 0 Å². The molecule has 1 saturated heterocycles. The zero-order chi connectivity index (χ0) is 10.1. The summed E-state index contributed by atoms with van der Waals surface area (Å²) in [5, 5.41) is 0. The van der Waals surface area contributed by atoms with Crippen molar-refractivity contribution in [3.05, 3.63) is 0 Å². The highest BCUT2D eigenvalue weighted by atomic mass is 16.2. The molecule has 0 spiro atoms. The number of hydrogen-bond donors (Lipinski definition) is 0. The number of carbonyl (C=O) groups excluding carboxylic acids is 1. The number of likely N-dealkylation sites (tertiary alicyclic amines) is 1. The lowest BCUT2D eigenvalue weighted by molar-refractivity contribution is -0.129. The zero-order valence-corrected chi connectivity index (χ0v) is 9.26. The van der Waals surface area contributed by atoms with Crippen LogP contribution < -0.4 is 0 Å². The maximum absolute atomic E-state index is 11.3. The Balaban J connectivity index is 2.67. The van der Waals surface area contributed by atoms with Crippen LogP contribution >= 0.6 is 0 Å². The standard InChI is InChI=1S/C11H21NO/c1-9-5-6-12(10(2)13)8-11(3,4)7-9/h9H,5-8H2,1-4H3. The second-order valence-electron chi connectivity index (χ2n) is 5.20. The number of amides is 1. The lowest BCUT2D eigenvalue weighted by Gasteiger charge is -2.29. The van der Waals surface area contributed by atoms with Crippen molar-refractivity contribution in [2.75, 3.05) is 13.1 Å². The maximum Gasteiger partial charge on any atom is 0.219 e. The predicted octanol–water partition coefficient (Wildman–Crippen LogP) is 2.29. The second-order valence-corrected chi connectivity index (χ2v) is 5.20. The minimum absolute atomic E-state index is 0.224. The average Bonchev–Trinajstić information content (AvgIpc) is 2.07. The van der Waals surface area contributed by atoms with Gasteiger partial charge < -0.3 is 4.90 Å². The third-order valence-electron chi connectivity index (χ3n) is 2.86. The van der Waals surface area contributed by atoms with Gasteiger partial charge in [-0.1, -0.05) is 20.8 Å². The van der Waals surface area contributed by atoms with Gasteiger partial charge in [-0.25, -0.2) is 0 Å². The van der Waals surface area contributed by atoms with Crippen molar-refractivity contribution in [3.63, 3.8) is 0 Å². The predicted molar refractivity (Wildman–Crippen MR) is 54.4 cm³/mol. The molecule has 1 rings (SSSR count). The molecular weight excluding hydrogens is 162 g/mol. The van der Waals surface area contributed by atoms with Crippen molar-refractivity contribution in [1.82, 2.24) is 4.90 Å². The fraction of sp³-hybridized carbons (Fsp3) is 0.909. The summed E-state index contributed by atoms with van der Waals surface area (Å²) in [5.41, 5.74) is 0.293. The van der Waals surface area contributed by atoms with E-state index < -0.39 is 0 Å². The van der Waals surface area contributed by atoms with Crippen molar-refractivity contribution < 1.29 is 4.79 Å². The van der Waals surface area contributed by atoms with Crippen LogP contribution in [0.2, 0.25) is 0 Å². The molecule has 0 aromatic carbocycles. The van der Waals surface area contributed by atoms with Gasteiger partial charge in [0.2, 0.25) is 5.91 Å². The van der Waals surface area contributed by atoms with Crippen LogP contribution in [-0.4, -0.2) is 23.9 Å². The van der Waals surface area contributed by atoms with Crippen LogP contribution in [0.25, 0.3) is 0 Å². The highest BCUT2D eigenvalue weighted by Gasteiger charge is 2.28. The first-order chi connectivity index (χ1) is 5.91. The van der Waals surface area contributed by atoms with Crippen molar-refractivity contribution in [3.8, 4) is 0 Å². The Hall–Kier alpha value is -0.530. The summed E-state index contributed by atoms with van der Waals surface area (Å²) in [6.07, 6.45) is 2.39. The normalized spacial score (nSPS) is 28.3. The molecule has 2 nitrogen and oxygen atoms in total. The van der Waals surface area contributed by atoms with Gasteiger partial charge in [0.05, 0.1) is 0 Å². The SMILES string of the molecule is CC(=O)N1CCC(C)CC(C)(C)C1. The van der Waals surface area contributed by atoms with Gasteiger partial charge in [0.25, 0.3) is 0 Å². The quantitative estimate of drug-likeness (QED) is 0.564. The highest BCUT2D eigenvalue weighted by molar-refractivity contribution is 5.73. The Morgan fingerprint density at radius 3 is 2.62 bits per heavy atom. The Bertz CT molecular complexity index is 198. The topological polar surface area (TPSA) is 20.3 Å². The first-order valence-corrected chi connectivity index (χ1v) is 5.16. The summed E-state index contributed by atoms with van der Waals surface area (Å²) in [7, 11) is 0. The van der Waals surface area contributed by atoms with Gasteiger partial charge in [0.1, 0.15) is 0 Å². The summed E-state index contributed by atoms with van der Waals surface area (Å²) in [6.45, 7) is 10.3. The molecular formula is C11H21NO. The van der Waals surface area contributed by atoms with E-state index in [0.717, 1.165) is 25.4 Å². The van der Waals surface area contributed by atoms with Gasteiger partial charge in [-0.2, -0.15) is 0 Å². The summed E-state index contributed by atoms with van der Waals surface area (Å²) in [5.74, 6) is 0.974. The molecule has 1 atom stereocenters. The molecule has 0 N–H and O–H groups in total. The minimum Gasteiger partial charge on any atom is -0.342 e. The Morgan fingerprint density at radius 2 is 2.08 bits per heavy atom. The van der Waals surface area contributed by atoms with Crippen LogP contribution in [0.4, 0.5) is 0 Å². The second kappa shape index (κ2) is 3.69. The minimum atomic E-state index is 0.224. The summed E-state index contributed by atoms with van der Waals surface area (Å²) in [4.78, 5) is 13.3. The van der Waals surface area contributed by atoms with Gasteiger partial charge in [-0.3, -0.25) is 4.79 Å².